The van der Waals surface area contributed by atoms with Crippen molar-refractivity contribution < 1.29 is 9.72 Å². The van der Waals surface area contributed by atoms with Gasteiger partial charge in [0.2, 0.25) is 0 Å². The summed E-state index contributed by atoms with van der Waals surface area (Å²) in [6.07, 6.45) is 3.31. The number of aromatic nitrogens is 2. The number of nitro groups is 1. The van der Waals surface area contributed by atoms with Crippen LogP contribution in [0.15, 0.2) is 103 Å². The third-order valence-electron chi connectivity index (χ3n) is 5.88. The molecule has 4 aromatic rings. The molecular formula is C28H26N4O3. The molecule has 0 saturated heterocycles. The SMILES string of the molecule is CC(C)N(c1ccccn1)C(c1ccccc1[N+](=O)[O-])C(C(=O)c1ccccc1)c1ccccn1. The molecule has 2 unspecified atom stereocenters. The minimum absolute atomic E-state index is 0.0547. The molecule has 0 aliphatic rings. The number of nitrogens with zero attached hydrogens (tertiary/aromatic N) is 4. The van der Waals surface area contributed by atoms with Crippen LogP contribution in [0.3, 0.4) is 0 Å². The first-order chi connectivity index (χ1) is 17.0. The second-order valence-corrected chi connectivity index (χ2v) is 8.41. The lowest BCUT2D eigenvalue weighted by molar-refractivity contribution is -0.385. The van der Waals surface area contributed by atoms with Crippen LogP contribution in [0.25, 0.3) is 0 Å². The van der Waals surface area contributed by atoms with Gasteiger partial charge < -0.3 is 4.90 Å². The molecule has 0 bridgehead atoms. The van der Waals surface area contributed by atoms with Crippen LogP contribution in [0.5, 0.6) is 0 Å². The van der Waals surface area contributed by atoms with Crippen LogP contribution in [0, 0.1) is 10.1 Å². The van der Waals surface area contributed by atoms with E-state index in [0.29, 0.717) is 22.6 Å². The number of benzene rings is 2. The first-order valence-electron chi connectivity index (χ1n) is 11.4. The zero-order chi connectivity index (χ0) is 24.8. The van der Waals surface area contributed by atoms with Gasteiger partial charge in [-0.3, -0.25) is 19.9 Å². The standard InChI is InChI=1S/C28H26N4O3/c1-20(2)31(25-17-9-11-19-30-25)27(22-14-6-7-16-24(22)32(34)35)26(23-15-8-10-18-29-23)28(33)21-12-4-3-5-13-21/h3-20,26-27H,1-2H3. The van der Waals surface area contributed by atoms with E-state index >= 15 is 0 Å². The summed E-state index contributed by atoms with van der Waals surface area (Å²) < 4.78 is 0. The highest BCUT2D eigenvalue weighted by Crippen LogP contribution is 2.43. The summed E-state index contributed by atoms with van der Waals surface area (Å²) in [5, 5.41) is 12.1. The Morgan fingerprint density at radius 1 is 0.829 bits per heavy atom. The largest absolute Gasteiger partial charge is 0.346 e. The number of carbonyl (C=O) groups excluding carboxylic acids is 1. The van der Waals surface area contributed by atoms with Gasteiger partial charge in [-0.25, -0.2) is 4.98 Å². The highest BCUT2D eigenvalue weighted by Gasteiger charge is 2.41. The molecule has 2 aromatic carbocycles. The van der Waals surface area contributed by atoms with E-state index in [1.165, 1.54) is 6.07 Å². The molecule has 2 heterocycles. The number of hydrogen-bond donors (Lipinski definition) is 0. The topological polar surface area (TPSA) is 89.2 Å². The molecule has 35 heavy (non-hydrogen) atoms. The third-order valence-corrected chi connectivity index (χ3v) is 5.88. The molecule has 0 saturated carbocycles. The Bertz CT molecular complexity index is 1280. The molecule has 0 aliphatic heterocycles. The number of pyridine rings is 2. The van der Waals surface area contributed by atoms with Crippen molar-refractivity contribution >= 4 is 17.3 Å². The number of rotatable bonds is 9. The van der Waals surface area contributed by atoms with Crippen LogP contribution in [-0.4, -0.2) is 26.7 Å². The Morgan fingerprint density at radius 3 is 2.06 bits per heavy atom. The van der Waals surface area contributed by atoms with E-state index < -0.39 is 16.9 Å². The fourth-order valence-electron chi connectivity index (χ4n) is 4.41. The summed E-state index contributed by atoms with van der Waals surface area (Å²) in [4.78, 5) is 36.9. The van der Waals surface area contributed by atoms with Gasteiger partial charge in [0, 0.05) is 30.1 Å². The number of Topliss-reactive ketones (excluding diaryl/α,β-unsaturated/α-hetero) is 1. The minimum atomic E-state index is -0.830. The van der Waals surface area contributed by atoms with E-state index in [9.17, 15) is 14.9 Å². The number of ketones is 1. The highest BCUT2D eigenvalue weighted by atomic mass is 16.6. The predicted octanol–water partition coefficient (Wildman–Crippen LogP) is 6.01. The minimum Gasteiger partial charge on any atom is -0.346 e. The maximum atomic E-state index is 14.1. The van der Waals surface area contributed by atoms with Crippen molar-refractivity contribution in [1.82, 2.24) is 9.97 Å². The molecule has 0 spiro atoms. The van der Waals surface area contributed by atoms with Crippen molar-refractivity contribution in [3.05, 3.63) is 130 Å². The Hall–Kier alpha value is -4.39. The highest BCUT2D eigenvalue weighted by molar-refractivity contribution is 6.01. The summed E-state index contributed by atoms with van der Waals surface area (Å²) in [6, 6.07) is 25.6. The molecule has 0 radical (unpaired) electrons. The molecule has 4 rings (SSSR count). The third kappa shape index (κ3) is 5.09. The van der Waals surface area contributed by atoms with E-state index in [0.717, 1.165) is 0 Å². The van der Waals surface area contributed by atoms with Crippen LogP contribution in [0.1, 0.15) is 47.4 Å². The van der Waals surface area contributed by atoms with Gasteiger partial charge in [0.25, 0.3) is 5.69 Å². The van der Waals surface area contributed by atoms with Gasteiger partial charge in [0.1, 0.15) is 5.82 Å². The first-order valence-corrected chi connectivity index (χ1v) is 11.4. The average molecular weight is 467 g/mol. The lowest BCUT2D eigenvalue weighted by Crippen LogP contribution is -2.41. The molecule has 0 fully saturated rings. The van der Waals surface area contributed by atoms with Gasteiger partial charge in [-0.15, -0.1) is 0 Å². The van der Waals surface area contributed by atoms with Crippen molar-refractivity contribution in [2.45, 2.75) is 31.8 Å². The summed E-state index contributed by atoms with van der Waals surface area (Å²) in [7, 11) is 0. The van der Waals surface area contributed by atoms with Gasteiger partial charge in [-0.05, 0) is 38.1 Å². The first kappa shape index (κ1) is 23.8. The molecule has 7 heteroatoms. The Balaban J connectivity index is 2.03. The lowest BCUT2D eigenvalue weighted by atomic mass is 9.81. The Morgan fingerprint density at radius 2 is 1.46 bits per heavy atom. The van der Waals surface area contributed by atoms with Crippen LogP contribution in [-0.2, 0) is 0 Å². The molecule has 0 amide bonds. The van der Waals surface area contributed by atoms with Gasteiger partial charge in [0.05, 0.1) is 28.1 Å². The monoisotopic (exact) mass is 466 g/mol. The fraction of sp³-hybridized carbons (Fsp3) is 0.179. The van der Waals surface area contributed by atoms with Gasteiger partial charge in [0.15, 0.2) is 5.78 Å². The number of anilines is 1. The van der Waals surface area contributed by atoms with Crippen LogP contribution >= 0.6 is 0 Å². The number of carbonyl (C=O) groups is 1. The van der Waals surface area contributed by atoms with Crippen molar-refractivity contribution in [3.8, 4) is 0 Å². The average Bonchev–Trinajstić information content (AvgIpc) is 2.89. The van der Waals surface area contributed by atoms with E-state index in [-0.39, 0.29) is 17.5 Å². The molecule has 2 atom stereocenters. The molecule has 0 N–H and O–H groups in total. The normalized spacial score (nSPS) is 12.7. The molecular weight excluding hydrogens is 440 g/mol. The predicted molar refractivity (Wildman–Crippen MR) is 135 cm³/mol. The lowest BCUT2D eigenvalue weighted by Gasteiger charge is -2.40. The van der Waals surface area contributed by atoms with E-state index in [2.05, 4.69) is 9.97 Å². The summed E-state index contributed by atoms with van der Waals surface area (Å²) in [6.45, 7) is 3.97. The van der Waals surface area contributed by atoms with Crippen LogP contribution in [0.4, 0.5) is 11.5 Å². The molecule has 176 valence electrons. The van der Waals surface area contributed by atoms with Gasteiger partial charge >= 0.3 is 0 Å². The molecule has 7 nitrogen and oxygen atoms in total. The van der Waals surface area contributed by atoms with Crippen LogP contribution < -0.4 is 4.90 Å². The maximum absolute atomic E-state index is 14.1. The van der Waals surface area contributed by atoms with E-state index in [4.69, 9.17) is 0 Å². The second kappa shape index (κ2) is 10.7. The Kier molecular flexibility index (Phi) is 7.26. The van der Waals surface area contributed by atoms with E-state index in [1.54, 1.807) is 54.9 Å². The number of hydrogen-bond acceptors (Lipinski definition) is 6. The van der Waals surface area contributed by atoms with Crippen molar-refractivity contribution in [2.75, 3.05) is 4.90 Å². The molecule has 0 aliphatic carbocycles. The zero-order valence-corrected chi connectivity index (χ0v) is 19.6. The quantitative estimate of drug-likeness (QED) is 0.171. The maximum Gasteiger partial charge on any atom is 0.274 e. The fourth-order valence-corrected chi connectivity index (χ4v) is 4.41. The number of para-hydroxylation sites is 1. The second-order valence-electron chi connectivity index (χ2n) is 8.41. The number of nitro benzene ring substituents is 1. The summed E-state index contributed by atoms with van der Waals surface area (Å²) in [5.41, 5.74) is 1.42. The van der Waals surface area contributed by atoms with Gasteiger partial charge in [-0.2, -0.15) is 0 Å². The van der Waals surface area contributed by atoms with E-state index in [1.807, 2.05) is 61.2 Å². The van der Waals surface area contributed by atoms with Crippen molar-refractivity contribution in [3.63, 3.8) is 0 Å². The van der Waals surface area contributed by atoms with Crippen LogP contribution in [0.2, 0.25) is 0 Å². The summed E-state index contributed by atoms with van der Waals surface area (Å²) >= 11 is 0. The summed E-state index contributed by atoms with van der Waals surface area (Å²) in [5.74, 6) is -0.384. The van der Waals surface area contributed by atoms with Gasteiger partial charge in [-0.1, -0.05) is 60.7 Å². The molecule has 2 aromatic heterocycles. The Labute approximate surface area is 204 Å². The van der Waals surface area contributed by atoms with Crippen molar-refractivity contribution in [2.24, 2.45) is 0 Å². The zero-order valence-electron chi connectivity index (χ0n) is 19.6. The smallest absolute Gasteiger partial charge is 0.274 e. The van der Waals surface area contributed by atoms with Crippen molar-refractivity contribution in [1.29, 1.82) is 0 Å².